The van der Waals surface area contributed by atoms with Gasteiger partial charge in [0.25, 0.3) is 0 Å². The van der Waals surface area contributed by atoms with Crippen LogP contribution in [0.25, 0.3) is 0 Å². The number of guanidine groups is 1. The van der Waals surface area contributed by atoms with Gasteiger partial charge in [0.15, 0.2) is 5.96 Å². The number of benzene rings is 1. The van der Waals surface area contributed by atoms with E-state index in [2.05, 4.69) is 53.4 Å². The van der Waals surface area contributed by atoms with Crippen LogP contribution in [-0.4, -0.2) is 56.7 Å². The Bertz CT molecular complexity index is 585. The Morgan fingerprint density at radius 3 is 2.48 bits per heavy atom. The Labute approximate surface area is 182 Å². The lowest BCUT2D eigenvalue weighted by Gasteiger charge is -2.41. The van der Waals surface area contributed by atoms with Gasteiger partial charge in [0, 0.05) is 31.6 Å². The number of ether oxygens (including phenoxy) is 1. The van der Waals surface area contributed by atoms with Gasteiger partial charge in [-0.25, -0.2) is 0 Å². The van der Waals surface area contributed by atoms with E-state index in [-0.39, 0.29) is 29.5 Å². The van der Waals surface area contributed by atoms with Crippen LogP contribution in [0.3, 0.4) is 0 Å². The summed E-state index contributed by atoms with van der Waals surface area (Å²) in [5, 5.41) is 6.97. The van der Waals surface area contributed by atoms with E-state index in [1.807, 2.05) is 19.2 Å². The highest BCUT2D eigenvalue weighted by molar-refractivity contribution is 14.0. The fourth-order valence-corrected chi connectivity index (χ4v) is 3.56. The van der Waals surface area contributed by atoms with E-state index in [4.69, 9.17) is 4.74 Å². The van der Waals surface area contributed by atoms with Gasteiger partial charge in [0.1, 0.15) is 5.75 Å². The van der Waals surface area contributed by atoms with Crippen molar-refractivity contribution in [3.63, 3.8) is 0 Å². The molecule has 1 aliphatic heterocycles. The van der Waals surface area contributed by atoms with Gasteiger partial charge < -0.3 is 15.4 Å². The van der Waals surface area contributed by atoms with Crippen molar-refractivity contribution in [2.45, 2.75) is 51.5 Å². The van der Waals surface area contributed by atoms with Crippen molar-refractivity contribution < 1.29 is 4.74 Å². The van der Waals surface area contributed by atoms with E-state index < -0.39 is 0 Å². The average molecular weight is 488 g/mol. The molecule has 27 heavy (non-hydrogen) atoms. The SMILES string of the molecule is CN=C(NCC(C)c1ccccc1OC)NCC(C)(C)N1CCCCC1.I. The number of aliphatic imine (C=N–C) groups is 1. The van der Waals surface area contributed by atoms with Crippen LogP contribution in [0, 0.1) is 0 Å². The van der Waals surface area contributed by atoms with E-state index in [1.54, 1.807) is 7.11 Å². The Morgan fingerprint density at radius 2 is 1.85 bits per heavy atom. The van der Waals surface area contributed by atoms with Crippen LogP contribution in [0.5, 0.6) is 5.75 Å². The molecule has 1 heterocycles. The number of hydrogen-bond donors (Lipinski definition) is 2. The van der Waals surface area contributed by atoms with Gasteiger partial charge in [-0.15, -0.1) is 24.0 Å². The van der Waals surface area contributed by atoms with Crippen LogP contribution in [0.1, 0.15) is 51.5 Å². The van der Waals surface area contributed by atoms with Crippen LogP contribution in [0.15, 0.2) is 29.3 Å². The number of rotatable bonds is 7. The van der Waals surface area contributed by atoms with Gasteiger partial charge in [0.2, 0.25) is 0 Å². The summed E-state index contributed by atoms with van der Waals surface area (Å²) >= 11 is 0. The average Bonchev–Trinajstić information content (AvgIpc) is 2.68. The number of nitrogens with one attached hydrogen (secondary N) is 2. The van der Waals surface area contributed by atoms with Crippen LogP contribution in [-0.2, 0) is 0 Å². The molecule has 2 N–H and O–H groups in total. The zero-order chi connectivity index (χ0) is 19.0. The van der Waals surface area contributed by atoms with Gasteiger partial charge in [0.05, 0.1) is 7.11 Å². The summed E-state index contributed by atoms with van der Waals surface area (Å²) in [6, 6.07) is 8.20. The Morgan fingerprint density at radius 1 is 1.19 bits per heavy atom. The van der Waals surface area contributed by atoms with E-state index in [0.29, 0.717) is 5.92 Å². The number of para-hydroxylation sites is 1. The van der Waals surface area contributed by atoms with Gasteiger partial charge in [-0.1, -0.05) is 31.5 Å². The van der Waals surface area contributed by atoms with Gasteiger partial charge in [-0.3, -0.25) is 9.89 Å². The first-order valence-corrected chi connectivity index (χ1v) is 9.80. The van der Waals surface area contributed by atoms with Crippen LogP contribution < -0.4 is 15.4 Å². The number of piperidine rings is 1. The van der Waals surface area contributed by atoms with E-state index >= 15 is 0 Å². The molecule has 0 aromatic heterocycles. The summed E-state index contributed by atoms with van der Waals surface area (Å²) in [6.45, 7) is 10.9. The van der Waals surface area contributed by atoms with Gasteiger partial charge in [-0.05, 0) is 51.4 Å². The normalized spacial score (nSPS) is 17.0. The molecule has 5 nitrogen and oxygen atoms in total. The van der Waals surface area contributed by atoms with Gasteiger partial charge >= 0.3 is 0 Å². The maximum Gasteiger partial charge on any atom is 0.191 e. The molecular weight excluding hydrogens is 451 g/mol. The Kier molecular flexibility index (Phi) is 10.4. The standard InChI is InChI=1S/C21H36N4O.HI/c1-17(18-11-7-8-12-19(18)26-5)15-23-20(22-4)24-16-21(2,3)25-13-9-6-10-14-25;/h7-8,11-12,17H,6,9-10,13-16H2,1-5H3,(H2,22,23,24);1H. The molecule has 0 aliphatic carbocycles. The Balaban J connectivity index is 0.00000364. The van der Waals surface area contributed by atoms with E-state index in [1.165, 1.54) is 37.9 Å². The van der Waals surface area contributed by atoms with Crippen molar-refractivity contribution in [1.82, 2.24) is 15.5 Å². The fourth-order valence-electron chi connectivity index (χ4n) is 3.56. The summed E-state index contributed by atoms with van der Waals surface area (Å²) in [7, 11) is 3.55. The zero-order valence-electron chi connectivity index (χ0n) is 17.5. The highest BCUT2D eigenvalue weighted by atomic mass is 127. The molecule has 154 valence electrons. The smallest absolute Gasteiger partial charge is 0.191 e. The maximum atomic E-state index is 5.48. The summed E-state index contributed by atoms with van der Waals surface area (Å²) < 4.78 is 5.48. The molecule has 0 amide bonds. The number of hydrogen-bond acceptors (Lipinski definition) is 3. The first kappa shape index (κ1) is 24.0. The molecule has 6 heteroatoms. The molecule has 1 fully saturated rings. The van der Waals surface area contributed by atoms with Crippen molar-refractivity contribution in [2.24, 2.45) is 4.99 Å². The molecule has 2 rings (SSSR count). The molecule has 1 aliphatic rings. The maximum absolute atomic E-state index is 5.48. The summed E-state index contributed by atoms with van der Waals surface area (Å²) in [4.78, 5) is 6.98. The third-order valence-corrected chi connectivity index (χ3v) is 5.37. The monoisotopic (exact) mass is 488 g/mol. The first-order valence-electron chi connectivity index (χ1n) is 9.80. The van der Waals surface area contributed by atoms with E-state index in [0.717, 1.165) is 24.8 Å². The predicted octanol–water partition coefficient (Wildman–Crippen LogP) is 3.85. The van der Waals surface area contributed by atoms with Crippen molar-refractivity contribution in [1.29, 1.82) is 0 Å². The molecule has 1 unspecified atom stereocenters. The third-order valence-electron chi connectivity index (χ3n) is 5.37. The van der Waals surface area contributed by atoms with Crippen LogP contribution in [0.4, 0.5) is 0 Å². The number of methoxy groups -OCH3 is 1. The molecule has 1 atom stereocenters. The number of halogens is 1. The molecule has 0 bridgehead atoms. The van der Waals surface area contributed by atoms with Crippen molar-refractivity contribution in [3.05, 3.63) is 29.8 Å². The lowest BCUT2D eigenvalue weighted by molar-refractivity contribution is 0.0982. The minimum absolute atomic E-state index is 0. The lowest BCUT2D eigenvalue weighted by atomic mass is 9.98. The van der Waals surface area contributed by atoms with Crippen molar-refractivity contribution >= 4 is 29.9 Å². The highest BCUT2D eigenvalue weighted by Gasteiger charge is 2.27. The third kappa shape index (κ3) is 7.14. The lowest BCUT2D eigenvalue weighted by Crippen LogP contribution is -2.55. The van der Waals surface area contributed by atoms with Crippen molar-refractivity contribution in [3.8, 4) is 5.75 Å². The topological polar surface area (TPSA) is 48.9 Å². The summed E-state index contributed by atoms with van der Waals surface area (Å²) in [5.74, 6) is 2.13. The van der Waals surface area contributed by atoms with Crippen LogP contribution >= 0.6 is 24.0 Å². The number of likely N-dealkylation sites (tertiary alicyclic amines) is 1. The molecular formula is C21H37IN4O. The fraction of sp³-hybridized carbons (Fsp3) is 0.667. The quantitative estimate of drug-likeness (QED) is 0.348. The van der Waals surface area contributed by atoms with Crippen LogP contribution in [0.2, 0.25) is 0 Å². The largest absolute Gasteiger partial charge is 0.496 e. The molecule has 0 radical (unpaired) electrons. The second-order valence-corrected chi connectivity index (χ2v) is 7.81. The molecule has 1 aromatic rings. The molecule has 1 saturated heterocycles. The minimum atomic E-state index is 0. The molecule has 0 saturated carbocycles. The number of nitrogens with zero attached hydrogens (tertiary/aromatic N) is 2. The van der Waals surface area contributed by atoms with Crippen molar-refractivity contribution in [2.75, 3.05) is 40.3 Å². The summed E-state index contributed by atoms with van der Waals surface area (Å²) in [6.07, 6.45) is 3.99. The predicted molar refractivity (Wildman–Crippen MR) is 126 cm³/mol. The Hall–Kier alpha value is -1.02. The zero-order valence-corrected chi connectivity index (χ0v) is 19.9. The first-order chi connectivity index (χ1) is 12.5. The second-order valence-electron chi connectivity index (χ2n) is 7.81. The minimum Gasteiger partial charge on any atom is -0.496 e. The summed E-state index contributed by atoms with van der Waals surface area (Å²) in [5.41, 5.74) is 1.35. The molecule has 1 aromatic carbocycles. The molecule has 0 spiro atoms. The highest BCUT2D eigenvalue weighted by Crippen LogP contribution is 2.25. The second kappa shape index (κ2) is 11.7. The van der Waals surface area contributed by atoms with E-state index in [9.17, 15) is 0 Å². The van der Waals surface area contributed by atoms with Gasteiger partial charge in [-0.2, -0.15) is 0 Å².